The van der Waals surface area contributed by atoms with Crippen molar-refractivity contribution in [3.63, 3.8) is 0 Å². The molecule has 72 valence electrons. The summed E-state index contributed by atoms with van der Waals surface area (Å²) in [6, 6.07) is 0.537. The fourth-order valence-corrected chi connectivity index (χ4v) is 1.06. The van der Waals surface area contributed by atoms with Crippen molar-refractivity contribution in [1.82, 2.24) is 5.32 Å². The minimum atomic E-state index is -0.145. The third-order valence-corrected chi connectivity index (χ3v) is 1.98. The molecule has 0 heterocycles. The topological polar surface area (TPSA) is 38.3 Å². The van der Waals surface area contributed by atoms with Gasteiger partial charge in [-0.1, -0.05) is 13.8 Å². The van der Waals surface area contributed by atoms with Crippen LogP contribution in [0, 0.1) is 0 Å². The number of esters is 1. The molecule has 0 aliphatic heterocycles. The van der Waals surface area contributed by atoms with E-state index in [1.165, 1.54) is 7.11 Å². The zero-order chi connectivity index (χ0) is 9.40. The van der Waals surface area contributed by atoms with E-state index in [9.17, 15) is 4.79 Å². The molecule has 0 atom stereocenters. The second kappa shape index (κ2) is 7.10. The molecule has 0 spiro atoms. The number of hydrogen-bond donors (Lipinski definition) is 1. The molecular formula is C9H19NO2. The molecule has 0 amide bonds. The Morgan fingerprint density at radius 1 is 1.42 bits per heavy atom. The average molecular weight is 173 g/mol. The van der Waals surface area contributed by atoms with Crippen molar-refractivity contribution in [2.75, 3.05) is 13.7 Å². The van der Waals surface area contributed by atoms with E-state index >= 15 is 0 Å². The third kappa shape index (κ3) is 5.13. The zero-order valence-electron chi connectivity index (χ0n) is 8.22. The van der Waals surface area contributed by atoms with Crippen LogP contribution in [-0.4, -0.2) is 25.7 Å². The van der Waals surface area contributed by atoms with E-state index in [4.69, 9.17) is 0 Å². The summed E-state index contributed by atoms with van der Waals surface area (Å²) in [5, 5.41) is 3.28. The normalized spacial score (nSPS) is 10.3. The van der Waals surface area contributed by atoms with Crippen LogP contribution in [0.25, 0.3) is 0 Å². The van der Waals surface area contributed by atoms with Gasteiger partial charge in [0.25, 0.3) is 0 Å². The van der Waals surface area contributed by atoms with Crippen LogP contribution in [0.3, 0.4) is 0 Å². The lowest BCUT2D eigenvalue weighted by Gasteiger charge is -2.13. The van der Waals surface area contributed by atoms with Crippen molar-refractivity contribution >= 4 is 5.97 Å². The quantitative estimate of drug-likeness (QED) is 0.616. The Hall–Kier alpha value is -0.570. The highest BCUT2D eigenvalue weighted by Crippen LogP contribution is 1.95. The van der Waals surface area contributed by atoms with Gasteiger partial charge in [-0.2, -0.15) is 0 Å². The molecule has 0 aromatic carbocycles. The maximum absolute atomic E-state index is 10.7. The Morgan fingerprint density at radius 2 is 2.00 bits per heavy atom. The minimum absolute atomic E-state index is 0.145. The van der Waals surface area contributed by atoms with Gasteiger partial charge in [0.2, 0.25) is 0 Å². The van der Waals surface area contributed by atoms with Crippen LogP contribution in [0.4, 0.5) is 0 Å². The molecule has 0 saturated heterocycles. The first-order valence-corrected chi connectivity index (χ1v) is 4.54. The van der Waals surface area contributed by atoms with Crippen LogP contribution < -0.4 is 5.32 Å². The summed E-state index contributed by atoms with van der Waals surface area (Å²) in [5.41, 5.74) is 0. The first kappa shape index (κ1) is 11.4. The van der Waals surface area contributed by atoms with Crippen molar-refractivity contribution in [1.29, 1.82) is 0 Å². The van der Waals surface area contributed by atoms with Gasteiger partial charge in [-0.05, 0) is 12.8 Å². The molecule has 3 heteroatoms. The number of hydrogen-bond acceptors (Lipinski definition) is 3. The van der Waals surface area contributed by atoms with Gasteiger partial charge >= 0.3 is 5.97 Å². The van der Waals surface area contributed by atoms with E-state index in [1.54, 1.807) is 0 Å². The average Bonchev–Trinajstić information content (AvgIpc) is 2.12. The van der Waals surface area contributed by atoms with Gasteiger partial charge in [0, 0.05) is 12.6 Å². The predicted molar refractivity (Wildman–Crippen MR) is 49.0 cm³/mol. The third-order valence-electron chi connectivity index (χ3n) is 1.98. The minimum Gasteiger partial charge on any atom is -0.469 e. The molecule has 0 aliphatic rings. The highest BCUT2D eigenvalue weighted by Gasteiger charge is 2.03. The van der Waals surface area contributed by atoms with Crippen LogP contribution in [0.2, 0.25) is 0 Å². The van der Waals surface area contributed by atoms with E-state index < -0.39 is 0 Å². The van der Waals surface area contributed by atoms with E-state index in [-0.39, 0.29) is 5.97 Å². The van der Waals surface area contributed by atoms with Crippen molar-refractivity contribution in [2.45, 2.75) is 39.2 Å². The molecule has 0 saturated carbocycles. The summed E-state index contributed by atoms with van der Waals surface area (Å²) >= 11 is 0. The Morgan fingerprint density at radius 3 is 2.42 bits per heavy atom. The number of methoxy groups -OCH3 is 1. The van der Waals surface area contributed by atoms with E-state index in [2.05, 4.69) is 23.9 Å². The number of ether oxygens (including phenoxy) is 1. The van der Waals surface area contributed by atoms with Crippen molar-refractivity contribution in [2.24, 2.45) is 0 Å². The lowest BCUT2D eigenvalue weighted by Crippen LogP contribution is -2.29. The molecule has 0 fully saturated rings. The fraction of sp³-hybridized carbons (Fsp3) is 0.889. The maximum atomic E-state index is 10.7. The number of rotatable bonds is 6. The monoisotopic (exact) mass is 173 g/mol. The molecule has 0 rings (SSSR count). The van der Waals surface area contributed by atoms with Crippen LogP contribution in [0.15, 0.2) is 0 Å². The summed E-state index contributed by atoms with van der Waals surface area (Å²) in [7, 11) is 1.42. The molecule has 1 N–H and O–H groups in total. The van der Waals surface area contributed by atoms with Gasteiger partial charge in [-0.3, -0.25) is 4.79 Å². The molecule has 0 aliphatic carbocycles. The largest absolute Gasteiger partial charge is 0.469 e. The van der Waals surface area contributed by atoms with Gasteiger partial charge in [-0.25, -0.2) is 0 Å². The van der Waals surface area contributed by atoms with Gasteiger partial charge in [-0.15, -0.1) is 0 Å². The van der Waals surface area contributed by atoms with E-state index in [1.807, 2.05) is 0 Å². The summed E-state index contributed by atoms with van der Waals surface area (Å²) < 4.78 is 4.52. The molecule has 0 aromatic heterocycles. The molecule has 0 radical (unpaired) electrons. The molecule has 12 heavy (non-hydrogen) atoms. The predicted octanol–water partition coefficient (Wildman–Crippen LogP) is 1.33. The Kier molecular flexibility index (Phi) is 6.76. The van der Waals surface area contributed by atoms with Gasteiger partial charge in [0.05, 0.1) is 13.5 Å². The van der Waals surface area contributed by atoms with Crippen LogP contribution in [-0.2, 0) is 9.53 Å². The summed E-state index contributed by atoms with van der Waals surface area (Å²) in [6.07, 6.45) is 2.68. The number of nitrogens with one attached hydrogen (secondary N) is 1. The van der Waals surface area contributed by atoms with Crippen molar-refractivity contribution < 1.29 is 9.53 Å². The Bertz CT molecular complexity index is 122. The van der Waals surface area contributed by atoms with Gasteiger partial charge < -0.3 is 10.1 Å². The zero-order valence-corrected chi connectivity index (χ0v) is 8.22. The van der Waals surface area contributed by atoms with Crippen LogP contribution in [0.1, 0.15) is 33.1 Å². The van der Waals surface area contributed by atoms with Crippen molar-refractivity contribution in [3.05, 3.63) is 0 Å². The number of carbonyl (C=O) groups is 1. The summed E-state index contributed by atoms with van der Waals surface area (Å²) in [4.78, 5) is 10.7. The van der Waals surface area contributed by atoms with Crippen LogP contribution >= 0.6 is 0 Å². The lowest BCUT2D eigenvalue weighted by atomic mass is 10.2. The van der Waals surface area contributed by atoms with Crippen LogP contribution in [0.5, 0.6) is 0 Å². The van der Waals surface area contributed by atoms with E-state index in [0.29, 0.717) is 12.5 Å². The smallest absolute Gasteiger partial charge is 0.306 e. The molecule has 0 aromatic rings. The SMILES string of the molecule is CCC(CC)NCCC(=O)OC. The first-order chi connectivity index (χ1) is 5.74. The Balaban J connectivity index is 3.34. The molecular weight excluding hydrogens is 154 g/mol. The first-order valence-electron chi connectivity index (χ1n) is 4.54. The maximum Gasteiger partial charge on any atom is 0.306 e. The van der Waals surface area contributed by atoms with Gasteiger partial charge in [0.15, 0.2) is 0 Å². The van der Waals surface area contributed by atoms with Crippen molar-refractivity contribution in [3.8, 4) is 0 Å². The fourth-order valence-electron chi connectivity index (χ4n) is 1.06. The van der Waals surface area contributed by atoms with E-state index in [0.717, 1.165) is 19.4 Å². The molecule has 0 unspecified atom stereocenters. The highest BCUT2D eigenvalue weighted by molar-refractivity contribution is 5.69. The van der Waals surface area contributed by atoms with Gasteiger partial charge in [0.1, 0.15) is 0 Å². The second-order valence-corrected chi connectivity index (χ2v) is 2.79. The standard InChI is InChI=1S/C9H19NO2/c1-4-8(5-2)10-7-6-9(11)12-3/h8,10H,4-7H2,1-3H3. The summed E-state index contributed by atoms with van der Waals surface area (Å²) in [6.45, 7) is 5.00. The molecule has 3 nitrogen and oxygen atoms in total. The second-order valence-electron chi connectivity index (χ2n) is 2.79. The molecule has 0 bridgehead atoms. The summed E-state index contributed by atoms with van der Waals surface area (Å²) in [5.74, 6) is -0.145. The lowest BCUT2D eigenvalue weighted by molar-refractivity contribution is -0.140. The number of carbonyl (C=O) groups excluding carboxylic acids is 1. The highest BCUT2D eigenvalue weighted by atomic mass is 16.5. The Labute approximate surface area is 74.5 Å².